The summed E-state index contributed by atoms with van der Waals surface area (Å²) in [7, 11) is 1.67. The van der Waals surface area contributed by atoms with Gasteiger partial charge in [-0.25, -0.2) is 0 Å². The molecule has 1 aromatic carbocycles. The van der Waals surface area contributed by atoms with E-state index in [1.165, 1.54) is 5.54 Å². The normalized spacial score (nSPS) is 11.1. The maximum Gasteiger partial charge on any atom is 0.124 e. The van der Waals surface area contributed by atoms with Crippen molar-refractivity contribution in [2.45, 2.75) is 6.54 Å². The Morgan fingerprint density at radius 1 is 1.39 bits per heavy atom. The van der Waals surface area contributed by atoms with Crippen LogP contribution in [0.3, 0.4) is 0 Å². The van der Waals surface area contributed by atoms with Gasteiger partial charge in [0.15, 0.2) is 0 Å². The number of hydrogen-bond donors (Lipinski definition) is 1. The van der Waals surface area contributed by atoms with Crippen molar-refractivity contribution in [2.75, 3.05) is 26.9 Å². The molecule has 0 unspecified atom stereocenters. The average molecular weight is 290 g/mol. The standard InChI is InChI=1S/C13H17Cl2NO2/c1-17-8-6-16-10-11-9-12(15)3-4-13(11)18-7-2-5-14/h2-5,9,16H,6-8,10H2,1H3. The van der Waals surface area contributed by atoms with E-state index in [1.54, 1.807) is 19.3 Å². The van der Waals surface area contributed by atoms with Crippen molar-refractivity contribution in [1.29, 1.82) is 0 Å². The van der Waals surface area contributed by atoms with E-state index in [-0.39, 0.29) is 0 Å². The number of methoxy groups -OCH3 is 1. The summed E-state index contributed by atoms with van der Waals surface area (Å²) >= 11 is 11.4. The Hall–Kier alpha value is -0.740. The molecule has 1 aromatic rings. The molecule has 0 aliphatic heterocycles. The van der Waals surface area contributed by atoms with E-state index < -0.39 is 0 Å². The highest BCUT2D eigenvalue weighted by Gasteiger charge is 2.04. The second-order valence-corrected chi connectivity index (χ2v) is 4.28. The Labute approximate surface area is 118 Å². The zero-order chi connectivity index (χ0) is 13.2. The SMILES string of the molecule is COCCNCc1cc(Cl)ccc1OCC=CCl. The van der Waals surface area contributed by atoms with E-state index >= 15 is 0 Å². The van der Waals surface area contributed by atoms with Gasteiger partial charge >= 0.3 is 0 Å². The number of nitrogens with one attached hydrogen (secondary N) is 1. The van der Waals surface area contributed by atoms with Crippen LogP contribution in [0.15, 0.2) is 29.8 Å². The van der Waals surface area contributed by atoms with Crippen LogP contribution in [0, 0.1) is 0 Å². The number of benzene rings is 1. The summed E-state index contributed by atoms with van der Waals surface area (Å²) in [5.74, 6) is 0.805. The molecular formula is C13H17Cl2NO2. The maximum atomic E-state index is 5.98. The molecule has 0 saturated heterocycles. The van der Waals surface area contributed by atoms with E-state index in [1.807, 2.05) is 12.1 Å². The number of rotatable bonds is 8. The molecule has 0 bridgehead atoms. The predicted molar refractivity (Wildman–Crippen MR) is 75.5 cm³/mol. The topological polar surface area (TPSA) is 30.5 Å². The number of ether oxygens (including phenoxy) is 2. The van der Waals surface area contributed by atoms with Gasteiger partial charge in [0.2, 0.25) is 0 Å². The quantitative estimate of drug-likeness (QED) is 0.746. The first-order chi connectivity index (χ1) is 8.77. The lowest BCUT2D eigenvalue weighted by molar-refractivity contribution is 0.199. The van der Waals surface area contributed by atoms with Gasteiger partial charge < -0.3 is 14.8 Å². The first-order valence-corrected chi connectivity index (χ1v) is 6.45. The van der Waals surface area contributed by atoms with Gasteiger partial charge in [-0.15, -0.1) is 0 Å². The average Bonchev–Trinajstić information content (AvgIpc) is 2.37. The Bertz CT molecular complexity index is 383. The van der Waals surface area contributed by atoms with Crippen LogP contribution in [0.1, 0.15) is 5.56 Å². The van der Waals surface area contributed by atoms with Crippen molar-refractivity contribution in [1.82, 2.24) is 5.32 Å². The van der Waals surface area contributed by atoms with Crippen molar-refractivity contribution in [3.63, 3.8) is 0 Å². The minimum atomic E-state index is 0.441. The summed E-state index contributed by atoms with van der Waals surface area (Å²) < 4.78 is 10.6. The van der Waals surface area contributed by atoms with Gasteiger partial charge in [0.1, 0.15) is 12.4 Å². The number of halogens is 2. The van der Waals surface area contributed by atoms with Crippen LogP contribution in [-0.2, 0) is 11.3 Å². The number of hydrogen-bond acceptors (Lipinski definition) is 3. The van der Waals surface area contributed by atoms with Crippen molar-refractivity contribution in [2.24, 2.45) is 0 Å². The van der Waals surface area contributed by atoms with Gasteiger partial charge in [-0.2, -0.15) is 0 Å². The van der Waals surface area contributed by atoms with Crippen molar-refractivity contribution in [3.05, 3.63) is 40.4 Å². The first kappa shape index (κ1) is 15.3. The highest BCUT2D eigenvalue weighted by molar-refractivity contribution is 6.30. The summed E-state index contributed by atoms with van der Waals surface area (Å²) in [6, 6.07) is 5.55. The van der Waals surface area contributed by atoms with Crippen LogP contribution in [0.2, 0.25) is 5.02 Å². The molecule has 0 atom stereocenters. The molecule has 100 valence electrons. The lowest BCUT2D eigenvalue weighted by atomic mass is 10.2. The molecule has 3 nitrogen and oxygen atoms in total. The summed E-state index contributed by atoms with van der Waals surface area (Å²) in [5.41, 5.74) is 2.45. The Morgan fingerprint density at radius 2 is 2.22 bits per heavy atom. The molecule has 18 heavy (non-hydrogen) atoms. The Kier molecular flexibility index (Phi) is 7.85. The molecule has 0 radical (unpaired) electrons. The second-order valence-electron chi connectivity index (χ2n) is 3.59. The second kappa shape index (κ2) is 9.22. The maximum absolute atomic E-state index is 5.98. The fraction of sp³-hybridized carbons (Fsp3) is 0.385. The van der Waals surface area contributed by atoms with E-state index in [0.717, 1.165) is 17.9 Å². The molecule has 1 N–H and O–H groups in total. The van der Waals surface area contributed by atoms with Gasteiger partial charge in [0.25, 0.3) is 0 Å². The Morgan fingerprint density at radius 3 is 2.94 bits per heavy atom. The molecule has 0 fully saturated rings. The summed E-state index contributed by atoms with van der Waals surface area (Å²) in [5, 5.41) is 3.95. The molecule has 1 rings (SSSR count). The summed E-state index contributed by atoms with van der Waals surface area (Å²) in [6.07, 6.45) is 1.73. The van der Waals surface area contributed by atoms with Crippen LogP contribution in [0.25, 0.3) is 0 Å². The fourth-order valence-corrected chi connectivity index (χ4v) is 1.67. The molecule has 0 heterocycles. The molecule has 0 amide bonds. The molecule has 0 saturated carbocycles. The van der Waals surface area contributed by atoms with Crippen molar-refractivity contribution >= 4 is 23.2 Å². The van der Waals surface area contributed by atoms with Crippen molar-refractivity contribution < 1.29 is 9.47 Å². The summed E-state index contributed by atoms with van der Waals surface area (Å²) in [4.78, 5) is 0. The molecule has 0 aromatic heterocycles. The molecular weight excluding hydrogens is 273 g/mol. The molecule has 5 heteroatoms. The lowest BCUT2D eigenvalue weighted by Gasteiger charge is -2.11. The molecule has 0 aliphatic rings. The van der Waals surface area contributed by atoms with Crippen LogP contribution in [0.5, 0.6) is 5.75 Å². The third-order valence-corrected chi connectivity index (χ3v) is 2.66. The third-order valence-electron chi connectivity index (χ3n) is 2.25. The minimum Gasteiger partial charge on any atom is -0.489 e. The lowest BCUT2D eigenvalue weighted by Crippen LogP contribution is -2.19. The van der Waals surface area contributed by atoms with E-state index in [9.17, 15) is 0 Å². The van der Waals surface area contributed by atoms with Crippen molar-refractivity contribution in [3.8, 4) is 5.75 Å². The fourth-order valence-electron chi connectivity index (χ4n) is 1.40. The minimum absolute atomic E-state index is 0.441. The monoisotopic (exact) mass is 289 g/mol. The highest BCUT2D eigenvalue weighted by Crippen LogP contribution is 2.22. The first-order valence-electron chi connectivity index (χ1n) is 5.64. The zero-order valence-corrected chi connectivity index (χ0v) is 11.8. The van der Waals surface area contributed by atoms with Crippen LogP contribution in [-0.4, -0.2) is 26.9 Å². The van der Waals surface area contributed by atoms with Crippen LogP contribution < -0.4 is 10.1 Å². The largest absolute Gasteiger partial charge is 0.489 e. The van der Waals surface area contributed by atoms with E-state index in [0.29, 0.717) is 24.8 Å². The molecule has 0 spiro atoms. The smallest absolute Gasteiger partial charge is 0.124 e. The zero-order valence-electron chi connectivity index (χ0n) is 10.3. The predicted octanol–water partition coefficient (Wildman–Crippen LogP) is 3.21. The third kappa shape index (κ3) is 5.74. The van der Waals surface area contributed by atoms with Gasteiger partial charge in [-0.05, 0) is 24.3 Å². The van der Waals surface area contributed by atoms with Gasteiger partial charge in [0.05, 0.1) is 6.61 Å². The van der Waals surface area contributed by atoms with Gasteiger partial charge in [-0.3, -0.25) is 0 Å². The van der Waals surface area contributed by atoms with Gasteiger partial charge in [-0.1, -0.05) is 23.2 Å². The van der Waals surface area contributed by atoms with E-state index in [2.05, 4.69) is 5.32 Å². The molecule has 0 aliphatic carbocycles. The van der Waals surface area contributed by atoms with E-state index in [4.69, 9.17) is 32.7 Å². The Balaban J connectivity index is 2.58. The van der Waals surface area contributed by atoms with Gasteiger partial charge in [0, 0.05) is 36.3 Å². The summed E-state index contributed by atoms with van der Waals surface area (Å²) in [6.45, 7) is 2.58. The van der Waals surface area contributed by atoms with Crippen LogP contribution >= 0.6 is 23.2 Å². The highest BCUT2D eigenvalue weighted by atomic mass is 35.5. The van der Waals surface area contributed by atoms with Crippen LogP contribution in [0.4, 0.5) is 0 Å².